The van der Waals surface area contributed by atoms with Gasteiger partial charge in [-0.2, -0.15) is 0 Å². The Kier molecular flexibility index (Phi) is 8.80. The lowest BCUT2D eigenvalue weighted by molar-refractivity contribution is -0.119. The largest absolute Gasteiger partial charge is 0.494 e. The summed E-state index contributed by atoms with van der Waals surface area (Å²) in [6.07, 6.45) is 2.16. The Balaban J connectivity index is 1.46. The first-order valence-corrected chi connectivity index (χ1v) is 12.3. The Morgan fingerprint density at radius 2 is 1.91 bits per heavy atom. The predicted octanol–water partition coefficient (Wildman–Crippen LogP) is 6.25. The number of nitrogens with one attached hydrogen (secondary N) is 1. The molecule has 170 valence electrons. The number of hydrogen-bond acceptors (Lipinski definition) is 5. The van der Waals surface area contributed by atoms with Crippen LogP contribution in [0.25, 0.3) is 11.5 Å². The molecular weight excluding hydrogens is 420 g/mol. The highest BCUT2D eigenvalue weighted by molar-refractivity contribution is 7.99. The van der Waals surface area contributed by atoms with Crippen LogP contribution in [-0.2, 0) is 10.5 Å². The number of aromatic nitrogens is 1. The van der Waals surface area contributed by atoms with E-state index in [1.165, 1.54) is 11.8 Å². The van der Waals surface area contributed by atoms with Gasteiger partial charge in [0.05, 0.1) is 24.1 Å². The maximum absolute atomic E-state index is 12.4. The minimum absolute atomic E-state index is 0.00560. The minimum Gasteiger partial charge on any atom is -0.494 e. The smallest absolute Gasteiger partial charge is 0.230 e. The van der Waals surface area contributed by atoms with Gasteiger partial charge in [-0.15, -0.1) is 11.8 Å². The second kappa shape index (κ2) is 11.8. The van der Waals surface area contributed by atoms with E-state index >= 15 is 0 Å². The van der Waals surface area contributed by atoms with Crippen LogP contribution in [0.2, 0.25) is 0 Å². The van der Waals surface area contributed by atoms with Crippen LogP contribution in [0.5, 0.6) is 5.75 Å². The molecule has 0 saturated carbocycles. The van der Waals surface area contributed by atoms with Crippen molar-refractivity contribution in [1.29, 1.82) is 0 Å². The van der Waals surface area contributed by atoms with Crippen LogP contribution in [0.15, 0.2) is 52.9 Å². The topological polar surface area (TPSA) is 64.4 Å². The summed E-state index contributed by atoms with van der Waals surface area (Å²) in [6.45, 7) is 8.83. The number of aryl methyl sites for hydroxylation is 2. The number of unbranched alkanes of at least 4 members (excludes halogenated alkanes) is 1. The molecule has 5 nitrogen and oxygen atoms in total. The van der Waals surface area contributed by atoms with Crippen molar-refractivity contribution in [2.75, 3.05) is 12.4 Å². The summed E-state index contributed by atoms with van der Waals surface area (Å²) >= 11 is 1.54. The Morgan fingerprint density at radius 3 is 2.62 bits per heavy atom. The standard InChI is InChI=1S/C26H32N2O3S/c1-5-6-15-30-22-13-11-21(12-14-22)19(3)27-25(29)17-32-16-24-20(4)31-26(28-24)23-10-8-7-9-18(23)2/h7-14,19H,5-6,15-17H2,1-4H3,(H,27,29)/t19-/m0/s1. The SMILES string of the molecule is CCCCOc1ccc([C@H](C)NC(=O)CSCc2nc(-c3ccccc3C)oc2C)cc1. The molecule has 1 heterocycles. The van der Waals surface area contributed by atoms with Crippen molar-refractivity contribution in [3.8, 4) is 17.2 Å². The van der Waals surface area contributed by atoms with Crippen LogP contribution in [0.1, 0.15) is 55.3 Å². The van der Waals surface area contributed by atoms with E-state index < -0.39 is 0 Å². The molecular formula is C26H32N2O3S. The third kappa shape index (κ3) is 6.63. The van der Waals surface area contributed by atoms with E-state index in [1.807, 2.05) is 69.3 Å². The van der Waals surface area contributed by atoms with E-state index in [-0.39, 0.29) is 11.9 Å². The highest BCUT2D eigenvalue weighted by Gasteiger charge is 2.14. The van der Waals surface area contributed by atoms with Crippen LogP contribution in [0, 0.1) is 13.8 Å². The first kappa shape index (κ1) is 23.9. The number of ether oxygens (including phenoxy) is 1. The Labute approximate surface area is 195 Å². The second-order valence-corrected chi connectivity index (χ2v) is 8.88. The molecule has 0 unspecified atom stereocenters. The Morgan fingerprint density at radius 1 is 1.16 bits per heavy atom. The molecule has 3 aromatic rings. The summed E-state index contributed by atoms with van der Waals surface area (Å²) < 4.78 is 11.6. The molecule has 1 atom stereocenters. The van der Waals surface area contributed by atoms with Crippen LogP contribution in [-0.4, -0.2) is 23.3 Å². The molecule has 0 fully saturated rings. The number of amides is 1. The van der Waals surface area contributed by atoms with E-state index in [9.17, 15) is 4.79 Å². The van der Waals surface area contributed by atoms with Crippen LogP contribution in [0.4, 0.5) is 0 Å². The van der Waals surface area contributed by atoms with Gasteiger partial charge in [-0.25, -0.2) is 4.98 Å². The van der Waals surface area contributed by atoms with E-state index in [2.05, 4.69) is 17.2 Å². The average Bonchev–Trinajstić information content (AvgIpc) is 3.15. The number of carbonyl (C=O) groups excluding carboxylic acids is 1. The summed E-state index contributed by atoms with van der Waals surface area (Å²) in [6, 6.07) is 15.9. The predicted molar refractivity (Wildman–Crippen MR) is 131 cm³/mol. The quantitative estimate of drug-likeness (QED) is 0.349. The lowest BCUT2D eigenvalue weighted by Crippen LogP contribution is -2.28. The molecule has 0 saturated heterocycles. The van der Waals surface area contributed by atoms with Crippen molar-refractivity contribution < 1.29 is 13.9 Å². The van der Waals surface area contributed by atoms with Gasteiger partial charge in [0.2, 0.25) is 11.8 Å². The molecule has 0 bridgehead atoms. The number of carbonyl (C=O) groups is 1. The second-order valence-electron chi connectivity index (χ2n) is 7.89. The number of thioether (sulfide) groups is 1. The Hall–Kier alpha value is -2.73. The van der Waals surface area contributed by atoms with Crippen LogP contribution in [0.3, 0.4) is 0 Å². The zero-order chi connectivity index (χ0) is 22.9. The molecule has 0 aliphatic carbocycles. The molecule has 1 aromatic heterocycles. The molecule has 0 spiro atoms. The highest BCUT2D eigenvalue weighted by Crippen LogP contribution is 2.26. The number of rotatable bonds is 11. The van der Waals surface area contributed by atoms with E-state index in [4.69, 9.17) is 9.15 Å². The van der Waals surface area contributed by atoms with E-state index in [1.54, 1.807) is 0 Å². The maximum Gasteiger partial charge on any atom is 0.230 e. The fraction of sp³-hybridized carbons (Fsp3) is 0.385. The molecule has 2 aromatic carbocycles. The number of oxazole rings is 1. The van der Waals surface area contributed by atoms with Gasteiger partial charge in [0.25, 0.3) is 0 Å². The number of nitrogens with zero attached hydrogens (tertiary/aromatic N) is 1. The lowest BCUT2D eigenvalue weighted by Gasteiger charge is -2.15. The van der Waals surface area contributed by atoms with Gasteiger partial charge in [-0.05, 0) is 56.5 Å². The molecule has 0 aliphatic rings. The maximum atomic E-state index is 12.4. The van der Waals surface area contributed by atoms with E-state index in [0.29, 0.717) is 17.4 Å². The van der Waals surface area contributed by atoms with Crippen molar-refractivity contribution in [2.24, 2.45) is 0 Å². The monoisotopic (exact) mass is 452 g/mol. The van der Waals surface area contributed by atoms with Crippen LogP contribution < -0.4 is 10.1 Å². The van der Waals surface area contributed by atoms with Gasteiger partial charge in [0.15, 0.2) is 0 Å². The van der Waals surface area contributed by atoms with Gasteiger partial charge in [-0.1, -0.05) is 43.7 Å². The molecule has 1 amide bonds. The number of benzene rings is 2. The third-order valence-electron chi connectivity index (χ3n) is 5.26. The van der Waals surface area contributed by atoms with Gasteiger partial charge in [0.1, 0.15) is 11.5 Å². The first-order valence-electron chi connectivity index (χ1n) is 11.1. The van der Waals surface area contributed by atoms with Crippen molar-refractivity contribution in [2.45, 2.75) is 52.3 Å². The fourth-order valence-corrected chi connectivity index (χ4v) is 4.12. The summed E-state index contributed by atoms with van der Waals surface area (Å²) in [5.41, 5.74) is 4.07. The van der Waals surface area contributed by atoms with Gasteiger partial charge < -0.3 is 14.5 Å². The highest BCUT2D eigenvalue weighted by atomic mass is 32.2. The minimum atomic E-state index is -0.0609. The van der Waals surface area contributed by atoms with Gasteiger partial charge >= 0.3 is 0 Å². The summed E-state index contributed by atoms with van der Waals surface area (Å²) in [5.74, 6) is 3.30. The normalized spacial score (nSPS) is 11.9. The number of hydrogen-bond donors (Lipinski definition) is 1. The molecule has 6 heteroatoms. The van der Waals surface area contributed by atoms with Crippen LogP contribution >= 0.6 is 11.8 Å². The van der Waals surface area contributed by atoms with E-state index in [0.717, 1.165) is 53.3 Å². The van der Waals surface area contributed by atoms with Crippen molar-refractivity contribution in [3.05, 3.63) is 71.1 Å². The van der Waals surface area contributed by atoms with Gasteiger partial charge in [0, 0.05) is 11.3 Å². The molecule has 32 heavy (non-hydrogen) atoms. The van der Waals surface area contributed by atoms with Crippen molar-refractivity contribution in [3.63, 3.8) is 0 Å². The van der Waals surface area contributed by atoms with Gasteiger partial charge in [-0.3, -0.25) is 4.79 Å². The Bertz CT molecular complexity index is 1010. The molecule has 0 aliphatic heterocycles. The summed E-state index contributed by atoms with van der Waals surface area (Å²) in [4.78, 5) is 17.1. The average molecular weight is 453 g/mol. The van der Waals surface area contributed by atoms with Crippen molar-refractivity contribution in [1.82, 2.24) is 10.3 Å². The first-order chi connectivity index (χ1) is 15.5. The van der Waals surface area contributed by atoms with Crippen molar-refractivity contribution >= 4 is 17.7 Å². The summed E-state index contributed by atoms with van der Waals surface area (Å²) in [7, 11) is 0. The lowest BCUT2D eigenvalue weighted by atomic mass is 10.1. The summed E-state index contributed by atoms with van der Waals surface area (Å²) in [5, 5.41) is 3.06. The molecule has 1 N–H and O–H groups in total. The molecule has 0 radical (unpaired) electrons. The zero-order valence-corrected chi connectivity index (χ0v) is 20.1. The zero-order valence-electron chi connectivity index (χ0n) is 19.3. The fourth-order valence-electron chi connectivity index (χ4n) is 3.28. The third-order valence-corrected chi connectivity index (χ3v) is 6.21. The molecule has 3 rings (SSSR count).